The number of benzene rings is 1. The highest BCUT2D eigenvalue weighted by Gasteiger charge is 1.93. The number of allylic oxidation sites excluding steroid dienone is 1. The van der Waals surface area contributed by atoms with Crippen molar-refractivity contribution in [3.8, 4) is 0 Å². The maximum absolute atomic E-state index is 3.81. The number of hydrogen-bond donors (Lipinski definition) is 0. The minimum absolute atomic E-state index is 1.02. The Balaban J connectivity index is 2.57. The van der Waals surface area contributed by atoms with Crippen molar-refractivity contribution in [2.45, 2.75) is 19.8 Å². The smallest absolute Gasteiger partial charge is 0.0118 e. The summed E-state index contributed by atoms with van der Waals surface area (Å²) in [6.45, 7) is 5.93. The first kappa shape index (κ1) is 9.53. The second kappa shape index (κ2) is 4.46. The van der Waals surface area contributed by atoms with Crippen LogP contribution in [0, 0.1) is 6.92 Å². The van der Waals surface area contributed by atoms with Crippen LogP contribution in [0.1, 0.15) is 17.5 Å². The van der Waals surface area contributed by atoms with E-state index in [1.165, 1.54) is 11.1 Å². The number of hydrogen-bond acceptors (Lipinski definition) is 0. The van der Waals surface area contributed by atoms with Crippen molar-refractivity contribution in [1.29, 1.82) is 0 Å². The lowest BCUT2D eigenvalue weighted by Crippen LogP contribution is -1.85. The van der Waals surface area contributed by atoms with E-state index in [2.05, 4.69) is 53.7 Å². The van der Waals surface area contributed by atoms with Crippen molar-refractivity contribution in [1.82, 2.24) is 0 Å². The van der Waals surface area contributed by atoms with Crippen molar-refractivity contribution in [3.63, 3.8) is 0 Å². The molecule has 0 aromatic heterocycles. The summed E-state index contributed by atoms with van der Waals surface area (Å²) in [4.78, 5) is 0. The van der Waals surface area contributed by atoms with Crippen molar-refractivity contribution in [3.05, 3.63) is 46.5 Å². The van der Waals surface area contributed by atoms with E-state index in [1.807, 2.05) is 0 Å². The van der Waals surface area contributed by atoms with E-state index in [4.69, 9.17) is 0 Å². The van der Waals surface area contributed by atoms with Crippen molar-refractivity contribution < 1.29 is 0 Å². The fourth-order valence-corrected chi connectivity index (χ4v) is 1.35. The third kappa shape index (κ3) is 3.22. The Labute approximate surface area is 82.4 Å². The van der Waals surface area contributed by atoms with Crippen molar-refractivity contribution in [2.24, 2.45) is 0 Å². The first-order chi connectivity index (χ1) is 5.68. The highest BCUT2D eigenvalue weighted by Crippen LogP contribution is 2.13. The lowest BCUT2D eigenvalue weighted by atomic mass is 10.1. The highest BCUT2D eigenvalue weighted by molar-refractivity contribution is 9.11. The van der Waals surface area contributed by atoms with Crippen LogP contribution in [0.25, 0.3) is 0 Å². The van der Waals surface area contributed by atoms with Gasteiger partial charge in [-0.2, -0.15) is 0 Å². The highest BCUT2D eigenvalue weighted by atomic mass is 79.9. The third-order valence-corrected chi connectivity index (χ3v) is 2.16. The van der Waals surface area contributed by atoms with E-state index >= 15 is 0 Å². The molecule has 0 aliphatic carbocycles. The molecule has 64 valence electrons. The molecule has 0 N–H and O–H groups in total. The summed E-state index contributed by atoms with van der Waals surface area (Å²) in [6, 6.07) is 8.59. The number of halogens is 1. The van der Waals surface area contributed by atoms with Gasteiger partial charge in [0.1, 0.15) is 0 Å². The van der Waals surface area contributed by atoms with Crippen LogP contribution in [-0.2, 0) is 6.42 Å². The predicted octanol–water partition coefficient (Wildman–Crippen LogP) is 3.84. The van der Waals surface area contributed by atoms with Crippen LogP contribution >= 0.6 is 15.9 Å². The fraction of sp³-hybridized carbons (Fsp3) is 0.273. The van der Waals surface area contributed by atoms with Gasteiger partial charge in [0.15, 0.2) is 0 Å². The number of aryl methyl sites for hydroxylation is 2. The van der Waals surface area contributed by atoms with Gasteiger partial charge in [0.25, 0.3) is 0 Å². The van der Waals surface area contributed by atoms with E-state index in [9.17, 15) is 0 Å². The Morgan fingerprint density at radius 3 is 2.83 bits per heavy atom. The van der Waals surface area contributed by atoms with E-state index in [-0.39, 0.29) is 0 Å². The fourth-order valence-electron chi connectivity index (χ4n) is 1.15. The van der Waals surface area contributed by atoms with Gasteiger partial charge >= 0.3 is 0 Å². The van der Waals surface area contributed by atoms with Crippen LogP contribution < -0.4 is 0 Å². The van der Waals surface area contributed by atoms with E-state index < -0.39 is 0 Å². The summed E-state index contributed by atoms with van der Waals surface area (Å²) in [5, 5.41) is 0. The van der Waals surface area contributed by atoms with E-state index in [0.717, 1.165) is 17.3 Å². The molecule has 1 rings (SSSR count). The van der Waals surface area contributed by atoms with Crippen LogP contribution in [0.4, 0.5) is 0 Å². The molecule has 1 aromatic carbocycles. The van der Waals surface area contributed by atoms with Crippen molar-refractivity contribution in [2.75, 3.05) is 0 Å². The molecule has 0 saturated heterocycles. The molecule has 0 fully saturated rings. The minimum atomic E-state index is 1.02. The van der Waals surface area contributed by atoms with Crippen molar-refractivity contribution >= 4 is 15.9 Å². The second-order valence-electron chi connectivity index (χ2n) is 3.01. The maximum atomic E-state index is 3.81. The molecule has 1 heteroatoms. The zero-order valence-corrected chi connectivity index (χ0v) is 8.89. The zero-order chi connectivity index (χ0) is 8.97. The monoisotopic (exact) mass is 224 g/mol. The summed E-state index contributed by atoms with van der Waals surface area (Å²) in [6.07, 6.45) is 2.09. The molecule has 0 aliphatic rings. The van der Waals surface area contributed by atoms with Gasteiger partial charge < -0.3 is 0 Å². The average molecular weight is 225 g/mol. The van der Waals surface area contributed by atoms with Gasteiger partial charge in [0.05, 0.1) is 0 Å². The summed E-state index contributed by atoms with van der Waals surface area (Å²) < 4.78 is 1.07. The van der Waals surface area contributed by atoms with Crippen LogP contribution in [0.5, 0.6) is 0 Å². The maximum Gasteiger partial charge on any atom is -0.0118 e. The Hall–Kier alpha value is -0.560. The summed E-state index contributed by atoms with van der Waals surface area (Å²) >= 11 is 3.36. The van der Waals surface area contributed by atoms with Crippen LogP contribution in [0.3, 0.4) is 0 Å². The van der Waals surface area contributed by atoms with Gasteiger partial charge in [-0.15, -0.1) is 0 Å². The third-order valence-electron chi connectivity index (χ3n) is 1.77. The summed E-state index contributed by atoms with van der Waals surface area (Å²) in [7, 11) is 0. The largest absolute Gasteiger partial charge is 0.0888 e. The molecule has 12 heavy (non-hydrogen) atoms. The van der Waals surface area contributed by atoms with E-state index in [1.54, 1.807) is 0 Å². The SMILES string of the molecule is C=C(Br)CCc1cccc(C)c1. The predicted molar refractivity (Wildman–Crippen MR) is 57.6 cm³/mol. The first-order valence-corrected chi connectivity index (χ1v) is 4.86. The standard InChI is InChI=1S/C11H13Br/c1-9-4-3-5-11(8-9)7-6-10(2)12/h3-5,8H,2,6-7H2,1H3. The molecule has 0 heterocycles. The van der Waals surface area contributed by atoms with Gasteiger partial charge in [-0.05, 0) is 29.8 Å². The molecule has 1 aromatic rings. The topological polar surface area (TPSA) is 0 Å². The van der Waals surface area contributed by atoms with Crippen LogP contribution in [0.15, 0.2) is 35.3 Å². The molecule has 0 bridgehead atoms. The van der Waals surface area contributed by atoms with Crippen LogP contribution in [0.2, 0.25) is 0 Å². The molecular formula is C11H13Br. The second-order valence-corrected chi connectivity index (χ2v) is 4.13. The van der Waals surface area contributed by atoms with Gasteiger partial charge in [-0.25, -0.2) is 0 Å². The van der Waals surface area contributed by atoms with Gasteiger partial charge in [0.2, 0.25) is 0 Å². The Morgan fingerprint density at radius 1 is 1.50 bits per heavy atom. The normalized spacial score (nSPS) is 9.83. The average Bonchev–Trinajstić information content (AvgIpc) is 2.01. The Morgan fingerprint density at radius 2 is 2.25 bits per heavy atom. The first-order valence-electron chi connectivity index (χ1n) is 4.07. The van der Waals surface area contributed by atoms with Gasteiger partial charge in [-0.3, -0.25) is 0 Å². The molecule has 0 unspecified atom stereocenters. The van der Waals surface area contributed by atoms with Crippen LogP contribution in [-0.4, -0.2) is 0 Å². The molecule has 0 spiro atoms. The molecular weight excluding hydrogens is 212 g/mol. The summed E-state index contributed by atoms with van der Waals surface area (Å²) in [5.41, 5.74) is 2.71. The van der Waals surface area contributed by atoms with E-state index in [0.29, 0.717) is 0 Å². The molecule has 0 atom stereocenters. The quantitative estimate of drug-likeness (QED) is 0.733. The molecule has 0 amide bonds. The number of rotatable bonds is 3. The molecule has 0 radical (unpaired) electrons. The molecule has 0 aliphatic heterocycles. The zero-order valence-electron chi connectivity index (χ0n) is 7.31. The van der Waals surface area contributed by atoms with Gasteiger partial charge in [0, 0.05) is 0 Å². The lowest BCUT2D eigenvalue weighted by Gasteiger charge is -2.00. The summed E-state index contributed by atoms with van der Waals surface area (Å²) in [5.74, 6) is 0. The minimum Gasteiger partial charge on any atom is -0.0888 e. The Bertz CT molecular complexity index is 276. The van der Waals surface area contributed by atoms with Gasteiger partial charge in [-0.1, -0.05) is 52.3 Å². The molecule has 0 nitrogen and oxygen atoms in total. The molecule has 0 saturated carbocycles. The lowest BCUT2D eigenvalue weighted by molar-refractivity contribution is 0.993. The Kier molecular flexibility index (Phi) is 3.54.